The molecule has 2 rings (SSSR count). The molecule has 29 heavy (non-hydrogen) atoms. The highest BCUT2D eigenvalue weighted by Crippen LogP contribution is 2.27. The molecule has 0 saturated carbocycles. The van der Waals surface area contributed by atoms with Crippen molar-refractivity contribution in [3.8, 4) is 5.75 Å². The Kier molecular flexibility index (Phi) is 7.20. The molecule has 1 aromatic carbocycles. The van der Waals surface area contributed by atoms with Crippen LogP contribution in [-0.4, -0.2) is 82.7 Å². The third-order valence-corrected chi connectivity index (χ3v) is 6.54. The van der Waals surface area contributed by atoms with Crippen molar-refractivity contribution in [1.29, 1.82) is 0 Å². The predicted octanol–water partition coefficient (Wildman–Crippen LogP) is -0.588. The van der Waals surface area contributed by atoms with Gasteiger partial charge in [0.15, 0.2) is 0 Å². The minimum atomic E-state index is -3.83. The minimum absolute atomic E-state index is 0.0725. The van der Waals surface area contributed by atoms with Crippen molar-refractivity contribution in [3.63, 3.8) is 0 Å². The first-order valence-corrected chi connectivity index (χ1v) is 10.5. The topological polar surface area (TPSA) is 125 Å². The van der Waals surface area contributed by atoms with Gasteiger partial charge < -0.3 is 20.3 Å². The summed E-state index contributed by atoms with van der Waals surface area (Å²) < 4.78 is 31.0. The lowest BCUT2D eigenvalue weighted by molar-refractivity contribution is -0.137. The molecule has 1 aromatic rings. The SMILES string of the molecule is CNC(=O)C1CCCN1C(=O)CNC(=O)c1ccc(OC)c(S(=O)(=O)N(C)C)c1. The van der Waals surface area contributed by atoms with Gasteiger partial charge in [0.05, 0.1) is 13.7 Å². The number of sulfonamides is 1. The van der Waals surface area contributed by atoms with Crippen LogP contribution in [0.25, 0.3) is 0 Å². The average Bonchev–Trinajstić information content (AvgIpc) is 3.20. The van der Waals surface area contributed by atoms with Gasteiger partial charge in [-0.15, -0.1) is 0 Å². The van der Waals surface area contributed by atoms with Crippen molar-refractivity contribution in [3.05, 3.63) is 23.8 Å². The number of hydrogen-bond donors (Lipinski definition) is 2. The van der Waals surface area contributed by atoms with Gasteiger partial charge in [-0.25, -0.2) is 12.7 Å². The second-order valence-corrected chi connectivity index (χ2v) is 8.82. The standard InChI is InChI=1S/C18H26N4O6S/c1-19-18(25)13-6-5-9-22(13)16(23)11-20-17(24)12-7-8-14(28-4)15(10-12)29(26,27)21(2)3/h7-8,10,13H,5-6,9,11H2,1-4H3,(H,19,25)(H,20,24). The lowest BCUT2D eigenvalue weighted by Crippen LogP contribution is -2.48. The van der Waals surface area contributed by atoms with Crippen LogP contribution in [0.3, 0.4) is 0 Å². The number of carbonyl (C=O) groups is 3. The summed E-state index contributed by atoms with van der Waals surface area (Å²) in [7, 11) is 1.76. The molecule has 1 atom stereocenters. The summed E-state index contributed by atoms with van der Waals surface area (Å²) in [6, 6.07) is 3.46. The number of methoxy groups -OCH3 is 1. The molecule has 1 heterocycles. The molecule has 3 amide bonds. The van der Waals surface area contributed by atoms with Crippen molar-refractivity contribution >= 4 is 27.7 Å². The fourth-order valence-electron chi connectivity index (χ4n) is 3.08. The van der Waals surface area contributed by atoms with E-state index in [0.717, 1.165) is 4.31 Å². The second kappa shape index (κ2) is 9.23. The van der Waals surface area contributed by atoms with Gasteiger partial charge in [0, 0.05) is 33.3 Å². The number of hydrogen-bond acceptors (Lipinski definition) is 6. The molecule has 0 bridgehead atoms. The van der Waals surface area contributed by atoms with Gasteiger partial charge in [0.2, 0.25) is 21.8 Å². The van der Waals surface area contributed by atoms with Crippen LogP contribution in [0.4, 0.5) is 0 Å². The van der Waals surface area contributed by atoms with Gasteiger partial charge in [0.1, 0.15) is 16.7 Å². The minimum Gasteiger partial charge on any atom is -0.495 e. The highest BCUT2D eigenvalue weighted by Gasteiger charge is 2.33. The molecule has 0 aliphatic carbocycles. The fourth-order valence-corrected chi connectivity index (χ4v) is 4.16. The summed E-state index contributed by atoms with van der Waals surface area (Å²) in [6.07, 6.45) is 1.28. The van der Waals surface area contributed by atoms with Crippen LogP contribution >= 0.6 is 0 Å². The van der Waals surface area contributed by atoms with E-state index < -0.39 is 22.0 Å². The molecule has 1 aliphatic rings. The van der Waals surface area contributed by atoms with Crippen molar-refractivity contribution < 1.29 is 27.5 Å². The van der Waals surface area contributed by atoms with E-state index in [1.54, 1.807) is 0 Å². The van der Waals surface area contributed by atoms with Gasteiger partial charge in [-0.2, -0.15) is 0 Å². The number of nitrogens with zero attached hydrogens (tertiary/aromatic N) is 2. The van der Waals surface area contributed by atoms with Crippen LogP contribution in [0, 0.1) is 0 Å². The van der Waals surface area contributed by atoms with Crippen LogP contribution in [0.2, 0.25) is 0 Å². The first-order valence-electron chi connectivity index (χ1n) is 9.03. The zero-order valence-corrected chi connectivity index (χ0v) is 17.7. The van der Waals surface area contributed by atoms with E-state index in [1.165, 1.54) is 51.4 Å². The van der Waals surface area contributed by atoms with Crippen molar-refractivity contribution in [2.45, 2.75) is 23.8 Å². The Bertz CT molecular complexity index is 900. The van der Waals surface area contributed by atoms with Crippen molar-refractivity contribution in [1.82, 2.24) is 19.8 Å². The Morgan fingerprint density at radius 1 is 1.28 bits per heavy atom. The number of ether oxygens (including phenoxy) is 1. The van der Waals surface area contributed by atoms with Gasteiger partial charge in [0.25, 0.3) is 5.91 Å². The third-order valence-electron chi connectivity index (χ3n) is 4.71. The lowest BCUT2D eigenvalue weighted by Gasteiger charge is -2.23. The monoisotopic (exact) mass is 426 g/mol. The molecule has 1 aliphatic heterocycles. The zero-order chi connectivity index (χ0) is 21.8. The molecule has 0 spiro atoms. The smallest absolute Gasteiger partial charge is 0.251 e. The summed E-state index contributed by atoms with van der Waals surface area (Å²) in [6.45, 7) is 0.147. The van der Waals surface area contributed by atoms with E-state index in [9.17, 15) is 22.8 Å². The van der Waals surface area contributed by atoms with Crippen LogP contribution < -0.4 is 15.4 Å². The van der Waals surface area contributed by atoms with E-state index in [-0.39, 0.29) is 34.6 Å². The van der Waals surface area contributed by atoms with E-state index in [0.29, 0.717) is 19.4 Å². The summed E-state index contributed by atoms with van der Waals surface area (Å²) in [5.41, 5.74) is 0.0725. The lowest BCUT2D eigenvalue weighted by atomic mass is 10.2. The van der Waals surface area contributed by atoms with Gasteiger partial charge >= 0.3 is 0 Å². The van der Waals surface area contributed by atoms with Crippen LogP contribution in [0.15, 0.2) is 23.1 Å². The number of carbonyl (C=O) groups excluding carboxylic acids is 3. The van der Waals surface area contributed by atoms with Crippen LogP contribution in [-0.2, 0) is 19.6 Å². The fraction of sp³-hybridized carbons (Fsp3) is 0.500. The highest BCUT2D eigenvalue weighted by molar-refractivity contribution is 7.89. The van der Waals surface area contributed by atoms with Gasteiger partial charge in [-0.05, 0) is 31.0 Å². The number of benzene rings is 1. The Morgan fingerprint density at radius 2 is 1.97 bits per heavy atom. The van der Waals surface area contributed by atoms with E-state index in [4.69, 9.17) is 4.74 Å². The zero-order valence-electron chi connectivity index (χ0n) is 16.9. The molecule has 160 valence electrons. The van der Waals surface area contributed by atoms with E-state index >= 15 is 0 Å². The number of likely N-dealkylation sites (tertiary alicyclic amines) is 1. The molecular weight excluding hydrogens is 400 g/mol. The maximum Gasteiger partial charge on any atom is 0.251 e. The van der Waals surface area contributed by atoms with Crippen LogP contribution in [0.5, 0.6) is 5.75 Å². The van der Waals surface area contributed by atoms with Crippen molar-refractivity contribution in [2.75, 3.05) is 41.3 Å². The number of rotatable bonds is 7. The van der Waals surface area contributed by atoms with E-state index in [2.05, 4.69) is 10.6 Å². The van der Waals surface area contributed by atoms with Crippen molar-refractivity contribution in [2.24, 2.45) is 0 Å². The summed E-state index contributed by atoms with van der Waals surface area (Å²) in [5.74, 6) is -1.11. The normalized spacial score (nSPS) is 16.6. The molecular formula is C18H26N4O6S. The number of nitrogens with one attached hydrogen (secondary N) is 2. The Morgan fingerprint density at radius 3 is 2.55 bits per heavy atom. The molecule has 1 saturated heterocycles. The largest absolute Gasteiger partial charge is 0.495 e. The summed E-state index contributed by atoms with van der Waals surface area (Å²) in [5, 5.41) is 5.02. The maximum atomic E-state index is 12.5. The Hall–Kier alpha value is -2.66. The number of likely N-dealkylation sites (N-methyl/N-ethyl adjacent to an activating group) is 1. The predicted molar refractivity (Wildman–Crippen MR) is 105 cm³/mol. The van der Waals surface area contributed by atoms with Gasteiger partial charge in [-0.1, -0.05) is 0 Å². The van der Waals surface area contributed by atoms with E-state index in [1.807, 2.05) is 0 Å². The highest BCUT2D eigenvalue weighted by atomic mass is 32.2. The molecule has 2 N–H and O–H groups in total. The average molecular weight is 426 g/mol. The molecule has 0 aromatic heterocycles. The molecule has 1 fully saturated rings. The Labute approximate surface area is 170 Å². The quantitative estimate of drug-likeness (QED) is 0.601. The number of amides is 3. The summed E-state index contributed by atoms with van der Waals surface area (Å²) >= 11 is 0. The summed E-state index contributed by atoms with van der Waals surface area (Å²) in [4.78, 5) is 38.1. The molecule has 10 nitrogen and oxygen atoms in total. The maximum absolute atomic E-state index is 12.5. The second-order valence-electron chi connectivity index (χ2n) is 6.70. The molecule has 11 heteroatoms. The molecule has 1 unspecified atom stereocenters. The molecule has 0 radical (unpaired) electrons. The first-order chi connectivity index (χ1) is 13.6. The van der Waals surface area contributed by atoms with Crippen LogP contribution in [0.1, 0.15) is 23.2 Å². The third kappa shape index (κ3) is 4.85. The Balaban J connectivity index is 2.13. The first kappa shape index (κ1) is 22.6. The van der Waals surface area contributed by atoms with Gasteiger partial charge in [-0.3, -0.25) is 14.4 Å².